The van der Waals surface area contributed by atoms with Gasteiger partial charge < -0.3 is 4.90 Å². The standard InChI is InChI=1S/C9H14ClN3S2/c1-6(2)14-7-3-4-13(5-7)9-8(10)11-15-12-9/h6-7H,3-5H2,1-2H3. The molecule has 84 valence electrons. The average Bonchev–Trinajstić information content (AvgIpc) is 2.72. The molecule has 1 unspecified atom stereocenters. The van der Waals surface area contributed by atoms with E-state index in [2.05, 4.69) is 27.5 Å². The van der Waals surface area contributed by atoms with Crippen molar-refractivity contribution in [3.8, 4) is 0 Å². The van der Waals surface area contributed by atoms with Crippen molar-refractivity contribution >= 4 is 40.9 Å². The molecule has 3 nitrogen and oxygen atoms in total. The fourth-order valence-corrected chi connectivity index (χ4v) is 3.83. The summed E-state index contributed by atoms with van der Waals surface area (Å²) in [7, 11) is 0. The highest BCUT2D eigenvalue weighted by molar-refractivity contribution is 8.00. The van der Waals surface area contributed by atoms with Crippen molar-refractivity contribution < 1.29 is 0 Å². The fourth-order valence-electron chi connectivity index (χ4n) is 1.78. The maximum atomic E-state index is 5.96. The Kier molecular flexibility index (Phi) is 3.74. The quantitative estimate of drug-likeness (QED) is 0.839. The van der Waals surface area contributed by atoms with E-state index in [-0.39, 0.29) is 0 Å². The molecule has 1 aliphatic heterocycles. The molecule has 0 amide bonds. The Morgan fingerprint density at radius 2 is 2.33 bits per heavy atom. The van der Waals surface area contributed by atoms with Crippen molar-refractivity contribution in [3.05, 3.63) is 5.15 Å². The largest absolute Gasteiger partial charge is 0.352 e. The lowest BCUT2D eigenvalue weighted by molar-refractivity contribution is 0.951. The molecule has 0 radical (unpaired) electrons. The number of anilines is 1. The maximum absolute atomic E-state index is 5.96. The molecule has 2 heterocycles. The van der Waals surface area contributed by atoms with Gasteiger partial charge in [0.1, 0.15) is 0 Å². The summed E-state index contributed by atoms with van der Waals surface area (Å²) in [6, 6.07) is 0. The van der Waals surface area contributed by atoms with E-state index in [1.165, 1.54) is 18.1 Å². The number of aromatic nitrogens is 2. The van der Waals surface area contributed by atoms with Crippen LogP contribution in [-0.4, -0.2) is 32.3 Å². The lowest BCUT2D eigenvalue weighted by Gasteiger charge is -2.16. The molecule has 0 N–H and O–H groups in total. The van der Waals surface area contributed by atoms with Gasteiger partial charge in [-0.2, -0.15) is 20.5 Å². The Labute approximate surface area is 104 Å². The van der Waals surface area contributed by atoms with Crippen LogP contribution in [0.1, 0.15) is 20.3 Å². The molecule has 1 aromatic heterocycles. The maximum Gasteiger partial charge on any atom is 0.187 e. The molecule has 0 saturated carbocycles. The molecule has 0 spiro atoms. The molecule has 6 heteroatoms. The van der Waals surface area contributed by atoms with E-state index in [0.717, 1.165) is 18.9 Å². The monoisotopic (exact) mass is 263 g/mol. The third-order valence-electron chi connectivity index (χ3n) is 2.34. The van der Waals surface area contributed by atoms with Crippen molar-refractivity contribution in [1.82, 2.24) is 8.75 Å². The normalized spacial score (nSPS) is 21.6. The Morgan fingerprint density at radius 3 is 2.93 bits per heavy atom. The molecule has 1 saturated heterocycles. The van der Waals surface area contributed by atoms with Gasteiger partial charge in [0.05, 0.1) is 11.7 Å². The van der Waals surface area contributed by atoms with Crippen LogP contribution in [0.5, 0.6) is 0 Å². The van der Waals surface area contributed by atoms with E-state index in [4.69, 9.17) is 11.6 Å². The summed E-state index contributed by atoms with van der Waals surface area (Å²) in [5.41, 5.74) is 0. The van der Waals surface area contributed by atoms with Crippen molar-refractivity contribution in [3.63, 3.8) is 0 Å². The van der Waals surface area contributed by atoms with Crippen LogP contribution in [0.3, 0.4) is 0 Å². The highest BCUT2D eigenvalue weighted by Gasteiger charge is 2.26. The zero-order valence-electron chi connectivity index (χ0n) is 8.81. The SMILES string of the molecule is CC(C)SC1CCN(c2nsnc2Cl)C1. The van der Waals surface area contributed by atoms with Crippen LogP contribution in [0.25, 0.3) is 0 Å². The molecule has 0 aromatic carbocycles. The van der Waals surface area contributed by atoms with Gasteiger partial charge in [-0.05, 0) is 11.7 Å². The first-order chi connectivity index (χ1) is 7.16. The molecule has 1 fully saturated rings. The van der Waals surface area contributed by atoms with E-state index < -0.39 is 0 Å². The fraction of sp³-hybridized carbons (Fsp3) is 0.778. The van der Waals surface area contributed by atoms with E-state index >= 15 is 0 Å². The van der Waals surface area contributed by atoms with E-state index in [1.54, 1.807) is 0 Å². The minimum atomic E-state index is 0.551. The van der Waals surface area contributed by atoms with Crippen LogP contribution in [0, 0.1) is 0 Å². The summed E-state index contributed by atoms with van der Waals surface area (Å²) in [5, 5.41) is 1.96. The van der Waals surface area contributed by atoms with Gasteiger partial charge in [0.15, 0.2) is 11.0 Å². The topological polar surface area (TPSA) is 29.0 Å². The predicted octanol–water partition coefficient (Wildman–Crippen LogP) is 2.91. The first kappa shape index (κ1) is 11.5. The van der Waals surface area contributed by atoms with Gasteiger partial charge in [0.25, 0.3) is 0 Å². The molecular weight excluding hydrogens is 250 g/mol. The highest BCUT2D eigenvalue weighted by atomic mass is 35.5. The lowest BCUT2D eigenvalue weighted by atomic mass is 10.4. The van der Waals surface area contributed by atoms with Crippen LogP contribution in [-0.2, 0) is 0 Å². The van der Waals surface area contributed by atoms with Gasteiger partial charge in [0, 0.05) is 18.3 Å². The second-order valence-electron chi connectivity index (χ2n) is 3.92. The molecule has 15 heavy (non-hydrogen) atoms. The number of rotatable bonds is 3. The van der Waals surface area contributed by atoms with Gasteiger partial charge >= 0.3 is 0 Å². The van der Waals surface area contributed by atoms with Gasteiger partial charge in [-0.15, -0.1) is 0 Å². The smallest absolute Gasteiger partial charge is 0.187 e. The van der Waals surface area contributed by atoms with Gasteiger partial charge in [-0.3, -0.25) is 0 Å². The zero-order chi connectivity index (χ0) is 10.8. The Bertz CT molecular complexity index is 329. The van der Waals surface area contributed by atoms with Crippen LogP contribution in [0.15, 0.2) is 0 Å². The third-order valence-corrected chi connectivity index (χ3v) is 4.53. The van der Waals surface area contributed by atoms with E-state index in [9.17, 15) is 0 Å². The second kappa shape index (κ2) is 4.89. The lowest BCUT2D eigenvalue weighted by Crippen LogP contribution is -2.21. The van der Waals surface area contributed by atoms with E-state index in [1.807, 2.05) is 11.8 Å². The zero-order valence-corrected chi connectivity index (χ0v) is 11.2. The molecule has 0 bridgehead atoms. The first-order valence-electron chi connectivity index (χ1n) is 5.05. The highest BCUT2D eigenvalue weighted by Crippen LogP contribution is 2.31. The Morgan fingerprint density at radius 1 is 1.53 bits per heavy atom. The third kappa shape index (κ3) is 2.77. The summed E-state index contributed by atoms with van der Waals surface area (Å²) in [6.45, 7) is 6.58. The molecule has 1 aliphatic rings. The summed E-state index contributed by atoms with van der Waals surface area (Å²) in [6.07, 6.45) is 1.22. The van der Waals surface area contributed by atoms with Crippen molar-refractivity contribution in [1.29, 1.82) is 0 Å². The Hall–Kier alpha value is -0.0000000000000000555. The van der Waals surface area contributed by atoms with Crippen molar-refractivity contribution in [2.24, 2.45) is 0 Å². The summed E-state index contributed by atoms with van der Waals surface area (Å²) < 4.78 is 8.22. The van der Waals surface area contributed by atoms with Crippen LogP contribution in [0.2, 0.25) is 5.15 Å². The summed E-state index contributed by atoms with van der Waals surface area (Å²) >= 11 is 9.19. The van der Waals surface area contributed by atoms with Gasteiger partial charge in [0.2, 0.25) is 0 Å². The second-order valence-corrected chi connectivity index (χ2v) is 6.69. The van der Waals surface area contributed by atoms with Crippen molar-refractivity contribution in [2.45, 2.75) is 30.8 Å². The molecule has 1 aromatic rings. The number of hydrogen-bond donors (Lipinski definition) is 0. The molecule has 1 atom stereocenters. The number of thioether (sulfide) groups is 1. The van der Waals surface area contributed by atoms with Crippen LogP contribution in [0.4, 0.5) is 5.82 Å². The number of halogens is 1. The molecule has 2 rings (SSSR count). The average molecular weight is 264 g/mol. The summed E-state index contributed by atoms with van der Waals surface area (Å²) in [5.74, 6) is 0.869. The van der Waals surface area contributed by atoms with Gasteiger partial charge in [-0.25, -0.2) is 0 Å². The van der Waals surface area contributed by atoms with Crippen molar-refractivity contribution in [2.75, 3.05) is 18.0 Å². The van der Waals surface area contributed by atoms with Crippen LogP contribution >= 0.6 is 35.1 Å². The number of nitrogens with zero attached hydrogens (tertiary/aromatic N) is 3. The molecular formula is C9H14ClN3S2. The van der Waals surface area contributed by atoms with E-state index in [0.29, 0.717) is 15.7 Å². The number of hydrogen-bond acceptors (Lipinski definition) is 5. The minimum absolute atomic E-state index is 0.551. The molecule has 0 aliphatic carbocycles. The Balaban J connectivity index is 1.96. The predicted molar refractivity (Wildman–Crippen MR) is 68.3 cm³/mol. The van der Waals surface area contributed by atoms with Gasteiger partial charge in [-0.1, -0.05) is 25.4 Å². The first-order valence-corrected chi connectivity index (χ1v) is 7.10. The van der Waals surface area contributed by atoms with Crippen LogP contribution < -0.4 is 4.90 Å². The summed E-state index contributed by atoms with van der Waals surface area (Å²) in [4.78, 5) is 2.24. The minimum Gasteiger partial charge on any atom is -0.352 e.